The van der Waals surface area contributed by atoms with Crippen molar-refractivity contribution in [3.05, 3.63) is 28.8 Å². The van der Waals surface area contributed by atoms with Crippen LogP contribution in [-0.4, -0.2) is 24.0 Å². The number of anilines is 1. The van der Waals surface area contributed by atoms with E-state index in [1.807, 2.05) is 5.01 Å². The summed E-state index contributed by atoms with van der Waals surface area (Å²) in [6.07, 6.45) is 3.46. The third-order valence-electron chi connectivity index (χ3n) is 2.89. The van der Waals surface area contributed by atoms with Crippen LogP contribution in [0.2, 0.25) is 5.02 Å². The molecule has 4 nitrogen and oxygen atoms in total. The van der Waals surface area contributed by atoms with E-state index in [1.54, 1.807) is 18.2 Å². The molecule has 0 aromatic heterocycles. The van der Waals surface area contributed by atoms with Crippen molar-refractivity contribution in [2.45, 2.75) is 19.3 Å². The Morgan fingerprint density at radius 1 is 1.29 bits per heavy atom. The largest absolute Gasteiger partial charge is 0.398 e. The molecule has 1 aromatic carbocycles. The van der Waals surface area contributed by atoms with E-state index >= 15 is 0 Å². The van der Waals surface area contributed by atoms with Crippen LogP contribution in [0.3, 0.4) is 0 Å². The van der Waals surface area contributed by atoms with Gasteiger partial charge in [-0.3, -0.25) is 10.2 Å². The lowest BCUT2D eigenvalue weighted by molar-refractivity contribution is 0.0750. The average Bonchev–Trinajstić information content (AvgIpc) is 2.34. The number of amides is 1. The Morgan fingerprint density at radius 2 is 2.00 bits per heavy atom. The number of nitrogens with one attached hydrogen (secondary N) is 1. The lowest BCUT2D eigenvalue weighted by Crippen LogP contribution is -2.45. The van der Waals surface area contributed by atoms with Gasteiger partial charge in [0.05, 0.1) is 16.3 Å². The van der Waals surface area contributed by atoms with Crippen LogP contribution in [-0.2, 0) is 0 Å². The lowest BCUT2D eigenvalue weighted by Gasteiger charge is -2.27. The maximum atomic E-state index is 12.0. The van der Waals surface area contributed by atoms with Gasteiger partial charge in [0.2, 0.25) is 0 Å². The SMILES string of the molecule is Nc1cccc(C(=O)NN2CCCCC2)c1Cl. The Morgan fingerprint density at radius 3 is 2.71 bits per heavy atom. The van der Waals surface area contributed by atoms with Crippen molar-refractivity contribution in [2.24, 2.45) is 0 Å². The Bertz CT molecular complexity index is 416. The maximum absolute atomic E-state index is 12.0. The van der Waals surface area contributed by atoms with Crippen molar-refractivity contribution in [3.63, 3.8) is 0 Å². The molecule has 0 saturated carbocycles. The molecule has 1 fully saturated rings. The summed E-state index contributed by atoms with van der Waals surface area (Å²) in [4.78, 5) is 12.0. The quantitative estimate of drug-likeness (QED) is 0.794. The summed E-state index contributed by atoms with van der Waals surface area (Å²) in [7, 11) is 0. The summed E-state index contributed by atoms with van der Waals surface area (Å²) in [5.74, 6) is -0.191. The molecule has 0 radical (unpaired) electrons. The fourth-order valence-electron chi connectivity index (χ4n) is 1.93. The molecular formula is C12H16ClN3O. The average molecular weight is 254 g/mol. The standard InChI is InChI=1S/C12H16ClN3O/c13-11-9(5-4-6-10(11)14)12(17)15-16-7-2-1-3-8-16/h4-6H,1-3,7-8,14H2,(H,15,17). The molecule has 1 heterocycles. The number of piperidine rings is 1. The Balaban J connectivity index is 2.06. The third-order valence-corrected chi connectivity index (χ3v) is 3.31. The molecule has 17 heavy (non-hydrogen) atoms. The van der Waals surface area contributed by atoms with Gasteiger partial charge in [-0.1, -0.05) is 24.1 Å². The highest BCUT2D eigenvalue weighted by Crippen LogP contribution is 2.23. The Kier molecular flexibility index (Phi) is 3.86. The molecule has 1 amide bonds. The van der Waals surface area contributed by atoms with Gasteiger partial charge in [0, 0.05) is 13.1 Å². The van der Waals surface area contributed by atoms with Crippen LogP contribution >= 0.6 is 11.6 Å². The molecular weight excluding hydrogens is 238 g/mol. The normalized spacial score (nSPS) is 16.8. The number of benzene rings is 1. The topological polar surface area (TPSA) is 58.4 Å². The van der Waals surface area contributed by atoms with Crippen LogP contribution in [0.15, 0.2) is 18.2 Å². The van der Waals surface area contributed by atoms with Gasteiger partial charge in [0.25, 0.3) is 5.91 Å². The van der Waals surface area contributed by atoms with Crippen molar-refractivity contribution in [2.75, 3.05) is 18.8 Å². The second-order valence-electron chi connectivity index (χ2n) is 4.20. The Labute approximate surface area is 106 Å². The first-order chi connectivity index (χ1) is 8.18. The van der Waals surface area contributed by atoms with Crippen molar-refractivity contribution in [1.82, 2.24) is 10.4 Å². The van der Waals surface area contributed by atoms with E-state index in [0.29, 0.717) is 16.3 Å². The minimum absolute atomic E-state index is 0.191. The van der Waals surface area contributed by atoms with E-state index in [2.05, 4.69) is 5.43 Å². The zero-order chi connectivity index (χ0) is 12.3. The summed E-state index contributed by atoms with van der Waals surface area (Å²) in [5.41, 5.74) is 9.38. The van der Waals surface area contributed by atoms with Crippen molar-refractivity contribution >= 4 is 23.2 Å². The van der Waals surface area contributed by atoms with E-state index in [0.717, 1.165) is 25.9 Å². The van der Waals surface area contributed by atoms with Gasteiger partial charge in [0.15, 0.2) is 0 Å². The van der Waals surface area contributed by atoms with E-state index in [4.69, 9.17) is 17.3 Å². The first-order valence-corrected chi connectivity index (χ1v) is 6.16. The molecule has 1 aliphatic rings. The highest BCUT2D eigenvalue weighted by molar-refractivity contribution is 6.36. The van der Waals surface area contributed by atoms with Crippen molar-refractivity contribution < 1.29 is 4.79 Å². The first kappa shape index (κ1) is 12.2. The maximum Gasteiger partial charge on any atom is 0.267 e. The summed E-state index contributed by atoms with van der Waals surface area (Å²) in [6, 6.07) is 5.09. The molecule has 92 valence electrons. The van der Waals surface area contributed by atoms with E-state index < -0.39 is 0 Å². The lowest BCUT2D eigenvalue weighted by atomic mass is 10.1. The molecule has 1 aliphatic heterocycles. The molecule has 3 N–H and O–H groups in total. The monoisotopic (exact) mass is 253 g/mol. The summed E-state index contributed by atoms with van der Waals surface area (Å²) in [6.45, 7) is 1.79. The molecule has 5 heteroatoms. The number of nitrogens with two attached hydrogens (primary N) is 1. The zero-order valence-electron chi connectivity index (χ0n) is 9.58. The van der Waals surface area contributed by atoms with Crippen molar-refractivity contribution in [1.29, 1.82) is 0 Å². The summed E-state index contributed by atoms with van der Waals surface area (Å²) < 4.78 is 0. The molecule has 0 bridgehead atoms. The van der Waals surface area contributed by atoms with Crippen LogP contribution in [0.4, 0.5) is 5.69 Å². The Hall–Kier alpha value is -1.26. The molecule has 0 aliphatic carbocycles. The van der Waals surface area contributed by atoms with Gasteiger partial charge in [-0.05, 0) is 25.0 Å². The highest BCUT2D eigenvalue weighted by atomic mass is 35.5. The van der Waals surface area contributed by atoms with Gasteiger partial charge in [-0.15, -0.1) is 0 Å². The smallest absolute Gasteiger partial charge is 0.267 e. The zero-order valence-corrected chi connectivity index (χ0v) is 10.3. The molecule has 1 aromatic rings. The number of nitrogens with zero attached hydrogens (tertiary/aromatic N) is 1. The van der Waals surface area contributed by atoms with Gasteiger partial charge in [-0.25, -0.2) is 5.01 Å². The molecule has 0 spiro atoms. The number of halogens is 1. The molecule has 0 unspecified atom stereocenters. The van der Waals surface area contributed by atoms with E-state index in [1.165, 1.54) is 6.42 Å². The first-order valence-electron chi connectivity index (χ1n) is 5.78. The highest BCUT2D eigenvalue weighted by Gasteiger charge is 2.16. The predicted octanol–water partition coefficient (Wildman–Crippen LogP) is 2.05. The van der Waals surface area contributed by atoms with Crippen molar-refractivity contribution in [3.8, 4) is 0 Å². The number of carbonyl (C=O) groups is 1. The minimum Gasteiger partial charge on any atom is -0.398 e. The van der Waals surface area contributed by atoms with E-state index in [-0.39, 0.29) is 5.91 Å². The third kappa shape index (κ3) is 2.90. The number of hydrogen-bond donors (Lipinski definition) is 2. The molecule has 1 saturated heterocycles. The van der Waals surface area contributed by atoms with Crippen LogP contribution in [0, 0.1) is 0 Å². The minimum atomic E-state index is -0.191. The van der Waals surface area contributed by atoms with Crippen LogP contribution in [0.1, 0.15) is 29.6 Å². The second-order valence-corrected chi connectivity index (χ2v) is 4.58. The fourth-order valence-corrected chi connectivity index (χ4v) is 2.15. The number of rotatable bonds is 2. The van der Waals surface area contributed by atoms with Crippen LogP contribution < -0.4 is 11.2 Å². The number of nitrogen functional groups attached to an aromatic ring is 1. The fraction of sp³-hybridized carbons (Fsp3) is 0.417. The second kappa shape index (κ2) is 5.38. The van der Waals surface area contributed by atoms with E-state index in [9.17, 15) is 4.79 Å². The molecule has 2 rings (SSSR count). The number of hydrogen-bond acceptors (Lipinski definition) is 3. The van der Waals surface area contributed by atoms with Gasteiger partial charge in [-0.2, -0.15) is 0 Å². The van der Waals surface area contributed by atoms with Gasteiger partial charge >= 0.3 is 0 Å². The molecule has 0 atom stereocenters. The number of carbonyl (C=O) groups excluding carboxylic acids is 1. The van der Waals surface area contributed by atoms with Gasteiger partial charge < -0.3 is 5.73 Å². The van der Waals surface area contributed by atoms with Gasteiger partial charge in [0.1, 0.15) is 0 Å². The number of hydrazine groups is 1. The van der Waals surface area contributed by atoms with Crippen LogP contribution in [0.5, 0.6) is 0 Å². The van der Waals surface area contributed by atoms with Crippen LogP contribution in [0.25, 0.3) is 0 Å². The summed E-state index contributed by atoms with van der Waals surface area (Å²) in [5, 5.41) is 2.26. The predicted molar refractivity (Wildman–Crippen MR) is 68.8 cm³/mol. The summed E-state index contributed by atoms with van der Waals surface area (Å²) >= 11 is 6.00.